The maximum Gasteiger partial charge on any atom is 0.133 e. The van der Waals surface area contributed by atoms with E-state index in [1.807, 2.05) is 18.2 Å². The smallest absolute Gasteiger partial charge is 0.133 e. The van der Waals surface area contributed by atoms with Gasteiger partial charge in [-0.25, -0.2) is 0 Å². The molecule has 0 radical (unpaired) electrons. The molecule has 0 aliphatic rings. The molecule has 0 bridgehead atoms. The molecule has 3 heteroatoms. The SMILES string of the molecule is C=CCCOc1ccc(CCN)cc1Br. The topological polar surface area (TPSA) is 35.2 Å². The van der Waals surface area contributed by atoms with Crippen LogP contribution in [0.1, 0.15) is 12.0 Å². The molecule has 2 nitrogen and oxygen atoms in total. The van der Waals surface area contributed by atoms with Crippen LogP contribution in [0, 0.1) is 0 Å². The van der Waals surface area contributed by atoms with Gasteiger partial charge in [0.1, 0.15) is 5.75 Å². The minimum atomic E-state index is 0.665. The molecule has 2 N–H and O–H groups in total. The third kappa shape index (κ3) is 4.06. The lowest BCUT2D eigenvalue weighted by Crippen LogP contribution is -2.03. The number of benzene rings is 1. The lowest BCUT2D eigenvalue weighted by molar-refractivity contribution is 0.323. The van der Waals surface area contributed by atoms with Gasteiger partial charge < -0.3 is 10.5 Å². The van der Waals surface area contributed by atoms with Gasteiger partial charge in [0.2, 0.25) is 0 Å². The molecule has 0 amide bonds. The third-order valence-corrected chi connectivity index (χ3v) is 2.63. The highest BCUT2D eigenvalue weighted by Crippen LogP contribution is 2.26. The van der Waals surface area contributed by atoms with E-state index in [4.69, 9.17) is 10.5 Å². The summed E-state index contributed by atoms with van der Waals surface area (Å²) in [5.74, 6) is 0.873. The van der Waals surface area contributed by atoms with Crippen LogP contribution in [0.15, 0.2) is 35.3 Å². The lowest BCUT2D eigenvalue weighted by atomic mass is 10.1. The van der Waals surface area contributed by atoms with E-state index in [0.717, 1.165) is 23.1 Å². The van der Waals surface area contributed by atoms with Gasteiger partial charge >= 0.3 is 0 Å². The summed E-state index contributed by atoms with van der Waals surface area (Å²) in [6.45, 7) is 4.98. The zero-order valence-electron chi connectivity index (χ0n) is 8.71. The first kappa shape index (κ1) is 12.3. The first-order chi connectivity index (χ1) is 7.27. The first-order valence-electron chi connectivity index (χ1n) is 5.00. The Labute approximate surface area is 99.3 Å². The van der Waals surface area contributed by atoms with Crippen molar-refractivity contribution in [3.63, 3.8) is 0 Å². The number of halogens is 1. The zero-order chi connectivity index (χ0) is 11.1. The average Bonchev–Trinajstić information content (AvgIpc) is 2.22. The molecule has 0 atom stereocenters. The highest BCUT2D eigenvalue weighted by atomic mass is 79.9. The predicted octanol–water partition coefficient (Wildman–Crippen LogP) is 2.91. The zero-order valence-corrected chi connectivity index (χ0v) is 10.3. The van der Waals surface area contributed by atoms with Crippen LogP contribution >= 0.6 is 15.9 Å². The van der Waals surface area contributed by atoms with Crippen molar-refractivity contribution in [1.82, 2.24) is 0 Å². The van der Waals surface area contributed by atoms with Gasteiger partial charge in [0, 0.05) is 0 Å². The molecule has 0 aromatic heterocycles. The van der Waals surface area contributed by atoms with Gasteiger partial charge in [0.15, 0.2) is 0 Å². The summed E-state index contributed by atoms with van der Waals surface area (Å²) in [5.41, 5.74) is 6.71. The molecule has 0 aliphatic carbocycles. The Hall–Kier alpha value is -0.800. The Morgan fingerprint density at radius 1 is 1.47 bits per heavy atom. The van der Waals surface area contributed by atoms with E-state index in [1.165, 1.54) is 5.56 Å². The largest absolute Gasteiger partial charge is 0.492 e. The molecule has 0 aliphatic heterocycles. The third-order valence-electron chi connectivity index (χ3n) is 2.01. The van der Waals surface area contributed by atoms with E-state index in [1.54, 1.807) is 0 Å². The highest BCUT2D eigenvalue weighted by molar-refractivity contribution is 9.10. The molecule has 1 aromatic carbocycles. The molecule has 82 valence electrons. The summed E-state index contributed by atoms with van der Waals surface area (Å²) in [7, 11) is 0. The van der Waals surface area contributed by atoms with Crippen LogP contribution in [0.4, 0.5) is 0 Å². The van der Waals surface area contributed by atoms with Crippen molar-refractivity contribution in [2.45, 2.75) is 12.8 Å². The molecule has 1 aromatic rings. The van der Waals surface area contributed by atoms with Crippen molar-refractivity contribution in [1.29, 1.82) is 0 Å². The van der Waals surface area contributed by atoms with E-state index in [2.05, 4.69) is 28.6 Å². The van der Waals surface area contributed by atoms with E-state index in [0.29, 0.717) is 13.2 Å². The summed E-state index contributed by atoms with van der Waals surface area (Å²) in [6.07, 6.45) is 3.60. The summed E-state index contributed by atoms with van der Waals surface area (Å²) in [5, 5.41) is 0. The van der Waals surface area contributed by atoms with Crippen molar-refractivity contribution < 1.29 is 4.74 Å². The molecule has 15 heavy (non-hydrogen) atoms. The van der Waals surface area contributed by atoms with E-state index in [-0.39, 0.29) is 0 Å². The van der Waals surface area contributed by atoms with Crippen molar-refractivity contribution in [3.05, 3.63) is 40.9 Å². The second-order valence-electron chi connectivity index (χ2n) is 3.23. The summed E-state index contributed by atoms with van der Waals surface area (Å²) in [6, 6.07) is 6.06. The van der Waals surface area contributed by atoms with Crippen molar-refractivity contribution in [2.75, 3.05) is 13.2 Å². The van der Waals surface area contributed by atoms with Crippen LogP contribution in [0.3, 0.4) is 0 Å². The Bertz CT molecular complexity index is 325. The van der Waals surface area contributed by atoms with Crippen LogP contribution in [0.2, 0.25) is 0 Å². The number of hydrogen-bond donors (Lipinski definition) is 1. The Morgan fingerprint density at radius 2 is 2.27 bits per heavy atom. The molecular formula is C12H16BrNO. The van der Waals surface area contributed by atoms with Crippen molar-refractivity contribution in [2.24, 2.45) is 5.73 Å². The van der Waals surface area contributed by atoms with Crippen LogP contribution in [-0.2, 0) is 6.42 Å². The maximum atomic E-state index is 5.56. The van der Waals surface area contributed by atoms with Gasteiger partial charge in [-0.3, -0.25) is 0 Å². The minimum Gasteiger partial charge on any atom is -0.492 e. The second-order valence-corrected chi connectivity index (χ2v) is 4.08. The van der Waals surface area contributed by atoms with E-state index in [9.17, 15) is 0 Å². The monoisotopic (exact) mass is 269 g/mol. The van der Waals surface area contributed by atoms with Crippen LogP contribution in [0.25, 0.3) is 0 Å². The predicted molar refractivity (Wildman–Crippen MR) is 67.2 cm³/mol. The number of rotatable bonds is 6. The molecule has 0 saturated heterocycles. The lowest BCUT2D eigenvalue weighted by Gasteiger charge is -2.08. The Morgan fingerprint density at radius 3 is 2.87 bits per heavy atom. The van der Waals surface area contributed by atoms with Crippen LogP contribution < -0.4 is 10.5 Å². The van der Waals surface area contributed by atoms with Gasteiger partial charge in [-0.2, -0.15) is 0 Å². The quantitative estimate of drug-likeness (QED) is 0.637. The standard InChI is InChI=1S/C12H16BrNO/c1-2-3-8-15-12-5-4-10(6-7-14)9-11(12)13/h2,4-5,9H,1,3,6-8,14H2. The van der Waals surface area contributed by atoms with E-state index < -0.39 is 0 Å². The van der Waals surface area contributed by atoms with Crippen LogP contribution in [-0.4, -0.2) is 13.2 Å². The fourth-order valence-electron chi connectivity index (χ4n) is 1.24. The van der Waals surface area contributed by atoms with Gasteiger partial charge in [-0.15, -0.1) is 6.58 Å². The molecule has 0 fully saturated rings. The van der Waals surface area contributed by atoms with Crippen LogP contribution in [0.5, 0.6) is 5.75 Å². The van der Waals surface area contributed by atoms with Crippen molar-refractivity contribution in [3.8, 4) is 5.75 Å². The normalized spacial score (nSPS) is 10.0. The van der Waals surface area contributed by atoms with E-state index >= 15 is 0 Å². The number of ether oxygens (including phenoxy) is 1. The Balaban J connectivity index is 2.61. The van der Waals surface area contributed by atoms with Gasteiger partial charge in [-0.05, 0) is 53.0 Å². The summed E-state index contributed by atoms with van der Waals surface area (Å²) >= 11 is 3.48. The highest BCUT2D eigenvalue weighted by Gasteiger charge is 2.01. The van der Waals surface area contributed by atoms with Gasteiger partial charge in [-0.1, -0.05) is 12.1 Å². The molecular weight excluding hydrogens is 254 g/mol. The fraction of sp³-hybridized carbons (Fsp3) is 0.333. The molecule has 0 heterocycles. The van der Waals surface area contributed by atoms with Gasteiger partial charge in [0.05, 0.1) is 11.1 Å². The number of hydrogen-bond acceptors (Lipinski definition) is 2. The Kier molecular flexibility index (Phi) is 5.43. The minimum absolute atomic E-state index is 0.665. The molecule has 0 spiro atoms. The molecule has 0 unspecified atom stereocenters. The van der Waals surface area contributed by atoms with Gasteiger partial charge in [0.25, 0.3) is 0 Å². The summed E-state index contributed by atoms with van der Waals surface area (Å²) in [4.78, 5) is 0. The first-order valence-corrected chi connectivity index (χ1v) is 5.79. The molecule has 0 saturated carbocycles. The second kappa shape index (κ2) is 6.64. The molecule has 1 rings (SSSR count). The summed E-state index contributed by atoms with van der Waals surface area (Å²) < 4.78 is 6.54. The maximum absolute atomic E-state index is 5.56. The fourth-order valence-corrected chi connectivity index (χ4v) is 1.78. The van der Waals surface area contributed by atoms with Crippen molar-refractivity contribution >= 4 is 15.9 Å². The number of nitrogens with two attached hydrogens (primary N) is 1. The average molecular weight is 270 g/mol.